The van der Waals surface area contributed by atoms with Crippen molar-refractivity contribution in [1.29, 1.82) is 0 Å². The molecular weight excluding hydrogens is 617 g/mol. The van der Waals surface area contributed by atoms with E-state index in [1.165, 1.54) is 5.56 Å². The van der Waals surface area contributed by atoms with E-state index in [1.54, 1.807) is 7.11 Å². The van der Waals surface area contributed by atoms with Crippen molar-refractivity contribution in [2.45, 2.75) is 101 Å². The monoisotopic (exact) mass is 663 g/mol. The number of alkyl halides is 5. The SMILES string of the molecule is CO[C@H]1CC[C@H]2[C@@H]3[C@H](CCCS(=O)CCCC(F)(F)C(F)(F)F)Cc4cc(OC(=O)OC5CCN(C)C5)ccc4[C@H]3CC[C@]12C. The molecule has 1 saturated heterocycles. The van der Waals surface area contributed by atoms with Crippen molar-refractivity contribution in [1.82, 2.24) is 4.90 Å². The molecule has 6 nitrogen and oxygen atoms in total. The molecule has 0 N–H and O–H groups in total. The standard InChI is InChI=1S/C33H46F5NO5S/c1-31-14-11-26-25-8-7-23(43-30(40)44-24-12-15-39(2)20-24)19-22(25)18-21(29(26)27(31)9-10-28(31)42-3)6-4-16-45(41)17-5-13-32(34,35)33(36,37)38/h7-8,19,21,24,26-29H,4-6,9-18,20H2,1-3H3/t21-,24?,26-,27+,28+,29-,31+,45?/m1/s1. The summed E-state index contributed by atoms with van der Waals surface area (Å²) in [6, 6.07) is 5.89. The van der Waals surface area contributed by atoms with E-state index in [9.17, 15) is 31.0 Å². The molecule has 1 aliphatic heterocycles. The second-order valence-electron chi connectivity index (χ2n) is 13.9. The normalized spacial score (nSPS) is 32.4. The molecular formula is C33H46F5NO5S. The fourth-order valence-electron chi connectivity index (χ4n) is 8.90. The summed E-state index contributed by atoms with van der Waals surface area (Å²) in [6.07, 6.45) is -0.997. The molecule has 2 unspecified atom stereocenters. The van der Waals surface area contributed by atoms with E-state index in [-0.39, 0.29) is 35.0 Å². The molecule has 12 heteroatoms. The molecule has 0 spiro atoms. The van der Waals surface area contributed by atoms with E-state index in [4.69, 9.17) is 14.2 Å². The lowest BCUT2D eigenvalue weighted by Crippen LogP contribution is -2.47. The maximum Gasteiger partial charge on any atom is 0.514 e. The first-order valence-corrected chi connectivity index (χ1v) is 17.7. The van der Waals surface area contributed by atoms with Crippen LogP contribution in [0.15, 0.2) is 18.2 Å². The average Bonchev–Trinajstić information content (AvgIpc) is 3.53. The fourth-order valence-corrected chi connectivity index (χ4v) is 10.1. The fraction of sp³-hybridized carbons (Fsp3) is 0.788. The summed E-state index contributed by atoms with van der Waals surface area (Å²) in [6.45, 7) is 3.89. The molecule has 0 radical (unpaired) electrons. The minimum atomic E-state index is -5.59. The zero-order valence-corrected chi connectivity index (χ0v) is 27.2. The zero-order chi connectivity index (χ0) is 32.6. The summed E-state index contributed by atoms with van der Waals surface area (Å²) in [5.41, 5.74) is 2.48. The average molecular weight is 664 g/mol. The molecule has 0 aromatic heterocycles. The number of hydrogen-bond donors (Lipinski definition) is 0. The van der Waals surface area contributed by atoms with E-state index in [1.807, 2.05) is 19.2 Å². The van der Waals surface area contributed by atoms with Crippen molar-refractivity contribution in [3.63, 3.8) is 0 Å². The highest BCUT2D eigenvalue weighted by Crippen LogP contribution is 2.63. The van der Waals surface area contributed by atoms with Crippen molar-refractivity contribution in [2.75, 3.05) is 38.8 Å². The smallest absolute Gasteiger partial charge is 0.429 e. The minimum absolute atomic E-state index is 0.0688. The third-order valence-corrected chi connectivity index (χ3v) is 12.6. The Kier molecular flexibility index (Phi) is 10.6. The number of rotatable bonds is 11. The number of likely N-dealkylation sites (N-methyl/N-ethyl adjacent to an activating group) is 1. The maximum absolute atomic E-state index is 13.3. The van der Waals surface area contributed by atoms with Gasteiger partial charge in [-0.3, -0.25) is 4.21 Å². The minimum Gasteiger partial charge on any atom is -0.429 e. The van der Waals surface area contributed by atoms with Crippen molar-refractivity contribution < 1.29 is 45.2 Å². The third kappa shape index (κ3) is 7.53. The Balaban J connectivity index is 1.26. The summed E-state index contributed by atoms with van der Waals surface area (Å²) in [5.74, 6) is -2.76. The van der Waals surface area contributed by atoms with Crippen molar-refractivity contribution >= 4 is 17.0 Å². The quantitative estimate of drug-likeness (QED) is 0.139. The molecule has 2 saturated carbocycles. The predicted molar refractivity (Wildman–Crippen MR) is 161 cm³/mol. The number of likely N-dealkylation sites (tertiary alicyclic amines) is 1. The highest BCUT2D eigenvalue weighted by atomic mass is 32.2. The van der Waals surface area contributed by atoms with Crippen LogP contribution in [0.25, 0.3) is 0 Å². The molecule has 0 amide bonds. The van der Waals surface area contributed by atoms with Crippen LogP contribution >= 0.6 is 0 Å². The first kappa shape index (κ1) is 34.5. The maximum atomic E-state index is 13.3. The topological polar surface area (TPSA) is 65.1 Å². The number of halogens is 5. The van der Waals surface area contributed by atoms with Crippen LogP contribution in [0.5, 0.6) is 5.75 Å². The van der Waals surface area contributed by atoms with Gasteiger partial charge in [-0.15, -0.1) is 0 Å². The lowest BCUT2D eigenvalue weighted by Gasteiger charge is -2.53. The third-order valence-electron chi connectivity index (χ3n) is 11.1. The summed E-state index contributed by atoms with van der Waals surface area (Å²) in [4.78, 5) is 14.6. The van der Waals surface area contributed by atoms with Gasteiger partial charge < -0.3 is 19.1 Å². The molecule has 3 aliphatic carbocycles. The van der Waals surface area contributed by atoms with Gasteiger partial charge in [0.2, 0.25) is 0 Å². The van der Waals surface area contributed by atoms with Crippen LogP contribution < -0.4 is 4.74 Å². The van der Waals surface area contributed by atoms with Gasteiger partial charge in [0.05, 0.1) is 6.10 Å². The van der Waals surface area contributed by atoms with Gasteiger partial charge in [0.25, 0.3) is 0 Å². The Hall–Kier alpha value is -1.79. The van der Waals surface area contributed by atoms with Gasteiger partial charge in [0.1, 0.15) is 11.9 Å². The summed E-state index contributed by atoms with van der Waals surface area (Å²) in [5, 5.41) is 0. The van der Waals surface area contributed by atoms with E-state index in [0.717, 1.165) is 57.1 Å². The number of ether oxygens (including phenoxy) is 3. The Bertz CT molecular complexity index is 1230. The summed E-state index contributed by atoms with van der Waals surface area (Å²) >= 11 is 0. The number of carbonyl (C=O) groups is 1. The number of carbonyl (C=O) groups excluding carboxylic acids is 1. The first-order valence-electron chi connectivity index (χ1n) is 16.2. The Morgan fingerprint density at radius 1 is 1.09 bits per heavy atom. The second kappa shape index (κ2) is 13.7. The van der Waals surface area contributed by atoms with Crippen LogP contribution in [0.4, 0.5) is 26.7 Å². The highest BCUT2D eigenvalue weighted by molar-refractivity contribution is 7.84. The van der Waals surface area contributed by atoms with Crippen LogP contribution in [-0.4, -0.2) is 78.3 Å². The van der Waals surface area contributed by atoms with Gasteiger partial charge in [-0.2, -0.15) is 22.0 Å². The van der Waals surface area contributed by atoms with Crippen molar-refractivity contribution in [2.24, 2.45) is 23.2 Å². The molecule has 8 atom stereocenters. The predicted octanol–water partition coefficient (Wildman–Crippen LogP) is 7.51. The molecule has 1 aromatic carbocycles. The summed E-state index contributed by atoms with van der Waals surface area (Å²) < 4.78 is 93.7. The Morgan fingerprint density at radius 2 is 1.84 bits per heavy atom. The molecule has 1 heterocycles. The van der Waals surface area contributed by atoms with Crippen molar-refractivity contribution in [3.05, 3.63) is 29.3 Å². The van der Waals surface area contributed by atoms with Crippen LogP contribution in [0.1, 0.15) is 81.8 Å². The number of hydrogen-bond acceptors (Lipinski definition) is 6. The van der Waals surface area contributed by atoms with Gasteiger partial charge in [0, 0.05) is 48.9 Å². The largest absolute Gasteiger partial charge is 0.514 e. The molecule has 254 valence electrons. The van der Waals surface area contributed by atoms with Gasteiger partial charge in [-0.1, -0.05) is 13.0 Å². The lowest BCUT2D eigenvalue weighted by molar-refractivity contribution is -0.284. The van der Waals surface area contributed by atoms with Gasteiger partial charge >= 0.3 is 18.3 Å². The van der Waals surface area contributed by atoms with Crippen LogP contribution in [0.3, 0.4) is 0 Å². The number of fused-ring (bicyclic) bond motifs is 5. The Morgan fingerprint density at radius 3 is 2.53 bits per heavy atom. The second-order valence-corrected chi connectivity index (χ2v) is 15.6. The van der Waals surface area contributed by atoms with E-state index in [2.05, 4.69) is 17.9 Å². The van der Waals surface area contributed by atoms with E-state index in [0.29, 0.717) is 36.5 Å². The first-order chi connectivity index (χ1) is 21.2. The van der Waals surface area contributed by atoms with Gasteiger partial charge in [-0.05, 0) is 117 Å². The lowest BCUT2D eigenvalue weighted by atomic mass is 9.52. The molecule has 4 aliphatic rings. The van der Waals surface area contributed by atoms with Crippen molar-refractivity contribution in [3.8, 4) is 5.75 Å². The molecule has 5 rings (SSSR count). The van der Waals surface area contributed by atoms with Crippen LogP contribution in [-0.2, 0) is 26.7 Å². The van der Waals surface area contributed by atoms with Gasteiger partial charge in [0.15, 0.2) is 0 Å². The van der Waals surface area contributed by atoms with Crippen LogP contribution in [0.2, 0.25) is 0 Å². The van der Waals surface area contributed by atoms with E-state index < -0.39 is 41.9 Å². The van der Waals surface area contributed by atoms with Crippen LogP contribution in [0, 0.1) is 23.2 Å². The summed E-state index contributed by atoms with van der Waals surface area (Å²) in [7, 11) is 2.30. The zero-order valence-electron chi connectivity index (χ0n) is 26.4. The number of benzene rings is 1. The number of methoxy groups -OCH3 is 1. The molecule has 3 fully saturated rings. The molecule has 1 aromatic rings. The van der Waals surface area contributed by atoms with Gasteiger partial charge in [-0.25, -0.2) is 4.79 Å². The highest BCUT2D eigenvalue weighted by Gasteiger charge is 2.58. The Labute approximate surface area is 265 Å². The van der Waals surface area contributed by atoms with E-state index >= 15 is 0 Å². The molecule has 45 heavy (non-hydrogen) atoms. The molecule has 0 bridgehead atoms. The number of nitrogens with zero attached hydrogens (tertiary/aromatic N) is 1.